The van der Waals surface area contributed by atoms with E-state index in [1.54, 1.807) is 0 Å². The van der Waals surface area contributed by atoms with E-state index in [-0.39, 0.29) is 0 Å². The summed E-state index contributed by atoms with van der Waals surface area (Å²) in [7, 11) is 0. The normalized spacial score (nSPS) is 11.8. The van der Waals surface area contributed by atoms with Crippen molar-refractivity contribution in [1.82, 2.24) is 23.3 Å². The minimum atomic E-state index is 0.509. The maximum atomic E-state index is 13.3. The van der Waals surface area contributed by atoms with Gasteiger partial charge in [0.25, 0.3) is 0 Å². The number of benzene rings is 13. The predicted octanol–water partition coefficient (Wildman–Crippen LogP) is 22.3. The molecule has 5 heterocycles. The number of nitriles is 1. The standard InChI is InChI=1S/C86H56N6/c1-54-47-64(48-55(2)88-54)82-83(89-74-35-19-15-31-65(74)69-49-60(39-43-78(69)89)56-23-7-3-8-24-56)73(53-87)84(90-75-36-20-16-32-66(75)70-50-61(40-44-79(70)90)57-25-9-4-10-26-57)86(92-77-38-22-18-34-68(77)72-52-63(42-46-81(72)92)59-29-13-6-14-30-59)85(82)91-76-37-21-17-33-67(76)71-51-62(41-45-80(71)91)58-27-11-5-12-28-58/h3-52H,1-2H3. The summed E-state index contributed by atoms with van der Waals surface area (Å²) in [6.07, 6.45) is 0. The molecule has 0 amide bonds. The Labute approximate surface area is 531 Å². The maximum absolute atomic E-state index is 13.3. The van der Waals surface area contributed by atoms with Gasteiger partial charge in [-0.15, -0.1) is 0 Å². The SMILES string of the molecule is Cc1cc(-c2c(-n3c4ccccc4c4cc(-c5ccccc5)ccc43)c(C#N)c(-n3c4ccccc4c4cc(-c5ccccc5)ccc43)c(-n3c4ccccc4c4cc(-c5ccccc5)ccc43)c2-n2c3ccccc3c3cc(-c4ccccc4)ccc32)cc(C)n1. The largest absolute Gasteiger partial charge is 0.307 e. The highest BCUT2D eigenvalue weighted by molar-refractivity contribution is 6.18. The Balaban J connectivity index is 1.13. The second-order valence-electron chi connectivity index (χ2n) is 24.2. The highest BCUT2D eigenvalue weighted by atomic mass is 15.1. The van der Waals surface area contributed by atoms with E-state index in [4.69, 9.17) is 4.98 Å². The highest BCUT2D eigenvalue weighted by Gasteiger charge is 2.35. The van der Waals surface area contributed by atoms with E-state index >= 15 is 0 Å². The molecule has 18 rings (SSSR count). The van der Waals surface area contributed by atoms with Crippen LogP contribution in [0.2, 0.25) is 0 Å². The van der Waals surface area contributed by atoms with Crippen LogP contribution < -0.4 is 0 Å². The van der Waals surface area contributed by atoms with Gasteiger partial charge in [-0.2, -0.15) is 5.26 Å². The van der Waals surface area contributed by atoms with Gasteiger partial charge in [-0.1, -0.05) is 218 Å². The lowest BCUT2D eigenvalue weighted by Crippen LogP contribution is -2.16. The number of pyridine rings is 1. The lowest BCUT2D eigenvalue weighted by molar-refractivity contribution is 1.03. The van der Waals surface area contributed by atoms with Crippen LogP contribution in [0.3, 0.4) is 0 Å². The molecule has 0 aliphatic heterocycles. The molecule has 0 saturated heterocycles. The third kappa shape index (κ3) is 8.09. The third-order valence-electron chi connectivity index (χ3n) is 18.9. The van der Waals surface area contributed by atoms with Crippen LogP contribution in [0.1, 0.15) is 17.0 Å². The van der Waals surface area contributed by atoms with Crippen molar-refractivity contribution in [3.63, 3.8) is 0 Å². The summed E-state index contributed by atoms with van der Waals surface area (Å²) in [6, 6.07) is 113. The van der Waals surface area contributed by atoms with Gasteiger partial charge in [0.2, 0.25) is 0 Å². The number of aryl methyl sites for hydroxylation is 2. The van der Waals surface area contributed by atoms with Crippen molar-refractivity contribution in [3.05, 3.63) is 320 Å². The Hall–Kier alpha value is -12.3. The Bertz CT molecular complexity index is 6060. The molecule has 0 saturated carbocycles. The maximum Gasteiger partial charge on any atom is 0.104 e. The fourth-order valence-corrected chi connectivity index (χ4v) is 15.0. The fraction of sp³-hybridized carbons (Fsp3) is 0.0233. The number of rotatable bonds is 9. The molecule has 92 heavy (non-hydrogen) atoms. The van der Waals surface area contributed by atoms with E-state index in [2.05, 4.69) is 342 Å². The van der Waals surface area contributed by atoms with Gasteiger partial charge in [-0.3, -0.25) is 4.98 Å². The molecule has 0 bridgehead atoms. The van der Waals surface area contributed by atoms with Crippen molar-refractivity contribution in [3.8, 4) is 84.5 Å². The van der Waals surface area contributed by atoms with E-state index < -0.39 is 0 Å². The van der Waals surface area contributed by atoms with Crippen LogP contribution >= 0.6 is 0 Å². The zero-order chi connectivity index (χ0) is 61.1. The molecule has 5 aromatic heterocycles. The molecule has 0 fully saturated rings. The van der Waals surface area contributed by atoms with Gasteiger partial charge >= 0.3 is 0 Å². The van der Waals surface area contributed by atoms with Crippen LogP contribution in [0.15, 0.2) is 303 Å². The molecule has 18 aromatic rings. The molecule has 6 heteroatoms. The summed E-state index contributed by atoms with van der Waals surface area (Å²) in [5.74, 6) is 0. The first-order valence-electron chi connectivity index (χ1n) is 31.4. The average Bonchev–Trinajstić information content (AvgIpc) is 1.47. The molecular formula is C86H56N6. The van der Waals surface area contributed by atoms with E-state index in [0.29, 0.717) is 5.56 Å². The van der Waals surface area contributed by atoms with Gasteiger partial charge in [0.05, 0.1) is 66.9 Å². The van der Waals surface area contributed by atoms with Crippen LogP contribution in [0.5, 0.6) is 0 Å². The molecule has 6 nitrogen and oxygen atoms in total. The zero-order valence-electron chi connectivity index (χ0n) is 50.6. The van der Waals surface area contributed by atoms with Crippen LogP contribution in [0, 0.1) is 25.2 Å². The third-order valence-corrected chi connectivity index (χ3v) is 18.9. The van der Waals surface area contributed by atoms with Crippen molar-refractivity contribution in [2.75, 3.05) is 0 Å². The van der Waals surface area contributed by atoms with Crippen LogP contribution in [0.25, 0.3) is 166 Å². The van der Waals surface area contributed by atoms with Gasteiger partial charge < -0.3 is 18.3 Å². The van der Waals surface area contributed by atoms with Crippen LogP contribution in [-0.2, 0) is 0 Å². The van der Waals surface area contributed by atoms with E-state index in [1.165, 1.54) is 0 Å². The van der Waals surface area contributed by atoms with Crippen molar-refractivity contribution < 1.29 is 0 Å². The summed E-state index contributed by atoms with van der Waals surface area (Å²) in [5.41, 5.74) is 24.3. The Morgan fingerprint density at radius 2 is 0.511 bits per heavy atom. The monoisotopic (exact) mass is 1170 g/mol. The summed E-state index contributed by atoms with van der Waals surface area (Å²) in [5, 5.41) is 22.0. The molecule has 0 N–H and O–H groups in total. The Morgan fingerprint density at radius 3 is 0.837 bits per heavy atom. The molecule has 13 aromatic carbocycles. The number of para-hydroxylation sites is 4. The molecule has 0 aliphatic rings. The van der Waals surface area contributed by atoms with Crippen molar-refractivity contribution in [2.24, 2.45) is 0 Å². The summed E-state index contributed by atoms with van der Waals surface area (Å²) in [4.78, 5) is 5.12. The van der Waals surface area contributed by atoms with Crippen LogP contribution in [-0.4, -0.2) is 23.3 Å². The second-order valence-corrected chi connectivity index (χ2v) is 24.2. The quantitative estimate of drug-likeness (QED) is 0.145. The predicted molar refractivity (Wildman–Crippen MR) is 383 cm³/mol. The molecule has 0 atom stereocenters. The fourth-order valence-electron chi connectivity index (χ4n) is 15.0. The van der Waals surface area contributed by atoms with E-state index in [1.807, 2.05) is 0 Å². The number of hydrogen-bond donors (Lipinski definition) is 0. The molecule has 0 radical (unpaired) electrons. The molecular weight excluding hydrogens is 1120 g/mol. The Morgan fingerprint density at radius 1 is 0.239 bits per heavy atom. The minimum absolute atomic E-state index is 0.509. The minimum Gasteiger partial charge on any atom is -0.307 e. The smallest absolute Gasteiger partial charge is 0.104 e. The van der Waals surface area contributed by atoms with Crippen molar-refractivity contribution in [1.29, 1.82) is 5.26 Å². The second kappa shape index (κ2) is 20.9. The van der Waals surface area contributed by atoms with Gasteiger partial charge in [-0.25, -0.2) is 0 Å². The number of aromatic nitrogens is 5. The first-order chi connectivity index (χ1) is 45.5. The zero-order valence-corrected chi connectivity index (χ0v) is 50.6. The number of hydrogen-bond acceptors (Lipinski definition) is 2. The first-order valence-corrected chi connectivity index (χ1v) is 31.4. The highest BCUT2D eigenvalue weighted by Crippen LogP contribution is 2.53. The number of fused-ring (bicyclic) bond motifs is 12. The molecule has 0 spiro atoms. The topological polar surface area (TPSA) is 56.4 Å². The summed E-state index contributed by atoms with van der Waals surface area (Å²) < 4.78 is 9.87. The molecule has 0 unspecified atom stereocenters. The number of nitrogens with zero attached hydrogens (tertiary/aromatic N) is 6. The lowest BCUT2D eigenvalue weighted by Gasteiger charge is -2.29. The first kappa shape index (κ1) is 52.8. The van der Waals surface area contributed by atoms with E-state index in [0.717, 1.165) is 177 Å². The van der Waals surface area contributed by atoms with Gasteiger partial charge in [0, 0.05) is 60.0 Å². The molecule has 430 valence electrons. The van der Waals surface area contributed by atoms with Crippen molar-refractivity contribution >= 4 is 87.2 Å². The van der Waals surface area contributed by atoms with Gasteiger partial charge in [0.1, 0.15) is 11.6 Å². The van der Waals surface area contributed by atoms with Crippen molar-refractivity contribution in [2.45, 2.75) is 13.8 Å². The lowest BCUT2D eigenvalue weighted by atomic mass is 9.92. The summed E-state index contributed by atoms with van der Waals surface area (Å²) in [6.45, 7) is 4.18. The average molecular weight is 1170 g/mol. The van der Waals surface area contributed by atoms with Gasteiger partial charge in [-0.05, 0) is 149 Å². The van der Waals surface area contributed by atoms with Crippen LogP contribution in [0.4, 0.5) is 0 Å². The molecule has 0 aliphatic carbocycles. The summed E-state index contributed by atoms with van der Waals surface area (Å²) >= 11 is 0. The van der Waals surface area contributed by atoms with E-state index in [9.17, 15) is 5.26 Å². The van der Waals surface area contributed by atoms with Gasteiger partial charge in [0.15, 0.2) is 0 Å². The Kier molecular flexibility index (Phi) is 12.0.